The molecule has 0 aliphatic carbocycles. The van der Waals surface area contributed by atoms with Crippen LogP contribution in [-0.4, -0.2) is 16.2 Å². The summed E-state index contributed by atoms with van der Waals surface area (Å²) < 4.78 is 5.73. The van der Waals surface area contributed by atoms with Crippen molar-refractivity contribution in [1.29, 1.82) is 0 Å². The minimum absolute atomic E-state index is 0.236. The Labute approximate surface area is 200 Å². The number of hydrogen-bond acceptors (Lipinski definition) is 5. The van der Waals surface area contributed by atoms with Gasteiger partial charge in [-0.1, -0.05) is 41.0 Å². The van der Waals surface area contributed by atoms with Gasteiger partial charge in [-0.3, -0.25) is 4.90 Å². The predicted molar refractivity (Wildman–Crippen MR) is 131 cm³/mol. The van der Waals surface area contributed by atoms with E-state index in [0.29, 0.717) is 28.1 Å². The number of anilines is 1. The molecule has 0 bridgehead atoms. The highest BCUT2D eigenvalue weighted by Gasteiger charge is 2.36. The minimum Gasteiger partial charge on any atom is -0.334 e. The lowest BCUT2D eigenvalue weighted by molar-refractivity contribution is 0.244. The smallest absolute Gasteiger partial charge is 0.326 e. The van der Waals surface area contributed by atoms with E-state index in [1.54, 1.807) is 28.4 Å². The first-order valence-corrected chi connectivity index (χ1v) is 11.7. The van der Waals surface area contributed by atoms with Gasteiger partial charge in [0.25, 0.3) is 5.89 Å². The molecule has 0 saturated carbocycles. The van der Waals surface area contributed by atoms with E-state index < -0.39 is 6.04 Å². The number of amides is 2. The maximum absolute atomic E-state index is 13.3. The molecule has 2 aromatic carbocycles. The zero-order valence-electron chi connectivity index (χ0n) is 18.3. The Morgan fingerprint density at radius 2 is 1.85 bits per heavy atom. The summed E-state index contributed by atoms with van der Waals surface area (Å²) in [6, 6.07) is 16.5. The van der Waals surface area contributed by atoms with Gasteiger partial charge in [-0.25, -0.2) is 4.79 Å². The average molecular weight is 477 g/mol. The summed E-state index contributed by atoms with van der Waals surface area (Å²) in [5.41, 5.74) is 5.44. The van der Waals surface area contributed by atoms with Crippen molar-refractivity contribution in [2.45, 2.75) is 26.8 Å². The molecule has 1 aliphatic rings. The summed E-state index contributed by atoms with van der Waals surface area (Å²) in [5.74, 6) is 0.896. The van der Waals surface area contributed by atoms with Crippen LogP contribution in [0.4, 0.5) is 10.5 Å². The number of allylic oxidation sites excluding steroid dienone is 1. The second kappa shape index (κ2) is 8.50. The van der Waals surface area contributed by atoms with Gasteiger partial charge in [0.1, 0.15) is 0 Å². The maximum Gasteiger partial charge on any atom is 0.326 e. The molecule has 1 atom stereocenters. The molecule has 0 saturated heterocycles. The van der Waals surface area contributed by atoms with Gasteiger partial charge in [0, 0.05) is 10.7 Å². The molecule has 0 radical (unpaired) electrons. The van der Waals surface area contributed by atoms with E-state index in [-0.39, 0.29) is 6.03 Å². The van der Waals surface area contributed by atoms with Crippen molar-refractivity contribution in [3.63, 3.8) is 0 Å². The van der Waals surface area contributed by atoms with Crippen LogP contribution in [0.2, 0.25) is 5.02 Å². The fraction of sp³-hybridized carbons (Fsp3) is 0.160. The number of benzene rings is 2. The number of aromatic nitrogens is 2. The minimum atomic E-state index is -0.433. The zero-order chi connectivity index (χ0) is 23.1. The molecule has 4 aromatic rings. The molecule has 5 rings (SSSR count). The Morgan fingerprint density at radius 3 is 2.55 bits per heavy atom. The lowest BCUT2D eigenvalue weighted by Gasteiger charge is -2.35. The molecule has 2 amide bonds. The number of hydrogen-bond donors (Lipinski definition) is 1. The first-order chi connectivity index (χ1) is 15.9. The fourth-order valence-electron chi connectivity index (χ4n) is 3.95. The Balaban J connectivity index is 1.67. The molecule has 0 fully saturated rings. The van der Waals surface area contributed by atoms with E-state index in [9.17, 15) is 4.79 Å². The number of thiophene rings is 1. The van der Waals surface area contributed by atoms with Crippen molar-refractivity contribution in [3.8, 4) is 10.7 Å². The third-order valence-electron chi connectivity index (χ3n) is 5.83. The number of carbonyl (C=O) groups excluding carboxylic acids is 1. The van der Waals surface area contributed by atoms with Gasteiger partial charge in [-0.05, 0) is 73.2 Å². The van der Waals surface area contributed by atoms with Crippen molar-refractivity contribution in [3.05, 3.63) is 93.3 Å². The van der Waals surface area contributed by atoms with Crippen LogP contribution >= 0.6 is 22.9 Å². The second-order valence-electron chi connectivity index (χ2n) is 7.94. The lowest BCUT2D eigenvalue weighted by Crippen LogP contribution is -2.46. The van der Waals surface area contributed by atoms with E-state index in [2.05, 4.69) is 41.4 Å². The summed E-state index contributed by atoms with van der Waals surface area (Å²) in [4.78, 5) is 20.5. The van der Waals surface area contributed by atoms with Gasteiger partial charge in [0.05, 0.1) is 22.2 Å². The summed E-state index contributed by atoms with van der Waals surface area (Å²) in [6.07, 6.45) is 0. The Hall–Kier alpha value is -3.42. The van der Waals surface area contributed by atoms with Crippen LogP contribution in [-0.2, 0) is 0 Å². The molecule has 1 N–H and O–H groups in total. The molecule has 1 aliphatic heterocycles. The molecule has 33 heavy (non-hydrogen) atoms. The molecule has 8 heteroatoms. The van der Waals surface area contributed by atoms with E-state index in [0.717, 1.165) is 21.6 Å². The highest BCUT2D eigenvalue weighted by molar-refractivity contribution is 7.13. The number of halogens is 1. The second-order valence-corrected chi connectivity index (χ2v) is 9.32. The Bertz CT molecular complexity index is 1360. The van der Waals surface area contributed by atoms with Crippen LogP contribution in [0.5, 0.6) is 0 Å². The summed E-state index contributed by atoms with van der Waals surface area (Å²) in [6.45, 7) is 6.02. The molecule has 0 spiro atoms. The standard InChI is InChI=1S/C25H21ClN4O2S/c1-14-6-7-17(13-15(14)2)22-21(24-28-23(29-32-24)20-5-4-12-33-20)16(3)30(25(31)27-22)19-10-8-18(26)9-11-19/h4-13,22H,1-3H3,(H,27,31). The van der Waals surface area contributed by atoms with Crippen LogP contribution < -0.4 is 10.2 Å². The third kappa shape index (κ3) is 3.94. The van der Waals surface area contributed by atoms with Gasteiger partial charge in [0.2, 0.25) is 5.82 Å². The van der Waals surface area contributed by atoms with Gasteiger partial charge in [0.15, 0.2) is 0 Å². The SMILES string of the molecule is CC1=C(c2nc(-c3cccs3)no2)C(c2ccc(C)c(C)c2)NC(=O)N1c1ccc(Cl)cc1. The summed E-state index contributed by atoms with van der Waals surface area (Å²) in [5, 5.41) is 9.90. The van der Waals surface area contributed by atoms with Gasteiger partial charge in [-0.2, -0.15) is 4.98 Å². The van der Waals surface area contributed by atoms with Gasteiger partial charge in [-0.15, -0.1) is 11.3 Å². The lowest BCUT2D eigenvalue weighted by atomic mass is 9.92. The number of rotatable bonds is 4. The topological polar surface area (TPSA) is 71.3 Å². The molecular formula is C25H21ClN4O2S. The zero-order valence-corrected chi connectivity index (χ0v) is 19.9. The van der Waals surface area contributed by atoms with Crippen LogP contribution in [0.3, 0.4) is 0 Å². The Morgan fingerprint density at radius 1 is 1.06 bits per heavy atom. The Kier molecular flexibility index (Phi) is 5.52. The van der Waals surface area contributed by atoms with E-state index >= 15 is 0 Å². The molecule has 2 aromatic heterocycles. The van der Waals surface area contributed by atoms with Crippen molar-refractivity contribution >= 4 is 40.2 Å². The number of aryl methyl sites for hydroxylation is 2. The van der Waals surface area contributed by atoms with Crippen molar-refractivity contribution in [1.82, 2.24) is 15.5 Å². The number of nitrogens with zero attached hydrogens (tertiary/aromatic N) is 3. The van der Waals surface area contributed by atoms with Crippen LogP contribution in [0.25, 0.3) is 16.3 Å². The van der Waals surface area contributed by atoms with Crippen molar-refractivity contribution in [2.24, 2.45) is 0 Å². The van der Waals surface area contributed by atoms with Gasteiger partial charge >= 0.3 is 6.03 Å². The van der Waals surface area contributed by atoms with Crippen molar-refractivity contribution < 1.29 is 9.32 Å². The van der Waals surface area contributed by atoms with Crippen LogP contribution in [0, 0.1) is 13.8 Å². The monoisotopic (exact) mass is 476 g/mol. The maximum atomic E-state index is 13.3. The normalized spacial score (nSPS) is 16.3. The highest BCUT2D eigenvalue weighted by atomic mass is 35.5. The molecule has 1 unspecified atom stereocenters. The largest absolute Gasteiger partial charge is 0.334 e. The molecule has 166 valence electrons. The van der Waals surface area contributed by atoms with Gasteiger partial charge < -0.3 is 9.84 Å². The number of urea groups is 1. The van der Waals surface area contributed by atoms with Crippen LogP contribution in [0.15, 0.2) is 70.2 Å². The van der Waals surface area contributed by atoms with Crippen molar-refractivity contribution in [2.75, 3.05) is 4.90 Å². The molecular weight excluding hydrogens is 456 g/mol. The number of carbonyl (C=O) groups is 1. The quantitative estimate of drug-likeness (QED) is 0.352. The molecule has 3 heterocycles. The van der Waals surface area contributed by atoms with E-state index in [1.807, 2.05) is 42.6 Å². The first kappa shape index (κ1) is 21.4. The third-order valence-corrected chi connectivity index (χ3v) is 6.95. The first-order valence-electron chi connectivity index (χ1n) is 10.4. The van der Waals surface area contributed by atoms with E-state index in [1.165, 1.54) is 5.56 Å². The van der Waals surface area contributed by atoms with Crippen LogP contribution in [0.1, 0.15) is 35.5 Å². The fourth-order valence-corrected chi connectivity index (χ4v) is 4.73. The molecule has 6 nitrogen and oxygen atoms in total. The predicted octanol–water partition coefficient (Wildman–Crippen LogP) is 6.77. The number of nitrogens with one attached hydrogen (secondary N) is 1. The van der Waals surface area contributed by atoms with E-state index in [4.69, 9.17) is 16.1 Å². The average Bonchev–Trinajstić information content (AvgIpc) is 3.49. The highest BCUT2D eigenvalue weighted by Crippen LogP contribution is 2.39. The summed E-state index contributed by atoms with van der Waals surface area (Å²) in [7, 11) is 0. The summed E-state index contributed by atoms with van der Waals surface area (Å²) >= 11 is 7.61.